The van der Waals surface area contributed by atoms with Gasteiger partial charge in [0.15, 0.2) is 0 Å². The van der Waals surface area contributed by atoms with E-state index in [0.717, 1.165) is 68.1 Å². The highest BCUT2D eigenvalue weighted by molar-refractivity contribution is 7.27. The lowest BCUT2D eigenvalue weighted by Crippen LogP contribution is -2.57. The van der Waals surface area contributed by atoms with Crippen LogP contribution in [0.5, 0.6) is 23.0 Å². The van der Waals surface area contributed by atoms with E-state index in [1.807, 2.05) is 22.7 Å². The number of anilines is 6. The van der Waals surface area contributed by atoms with Crippen LogP contribution in [0.15, 0.2) is 218 Å². The molecule has 0 aliphatic carbocycles. The van der Waals surface area contributed by atoms with Gasteiger partial charge in [0.25, 0.3) is 6.71 Å². The zero-order chi connectivity index (χ0) is 46.0. The lowest BCUT2D eigenvalue weighted by molar-refractivity contribution is 0.464. The van der Waals surface area contributed by atoms with E-state index in [2.05, 4.69) is 235 Å². The summed E-state index contributed by atoms with van der Waals surface area (Å²) >= 11 is 3.75. The van der Waals surface area contributed by atoms with E-state index in [1.165, 1.54) is 72.8 Å². The molecule has 4 heterocycles. The molecule has 7 heteroatoms. The van der Waals surface area contributed by atoms with Crippen LogP contribution < -0.4 is 35.7 Å². The molecular formula is C63H39BN2O2S2. The standard InChI is InChI=1S/C63H39BN2O2S2/c1-38-30-57-61-58(31-38)68-56-35-52-50-27-23-40-33-46(66(43-18-10-4-11-19-43)44-20-12-5-13-21-44)25-29-48(40)63(50)70-60(52)37-54(56)64(61)53-36-59-51(34-55(53)67-57)49-26-22-39-32-45(24-28-47(39)62(49)69-59)65(41-14-6-2-7-15-41)42-16-8-3-9-17-42/h2-37H,1H3. The van der Waals surface area contributed by atoms with E-state index in [4.69, 9.17) is 9.47 Å². The van der Waals surface area contributed by atoms with Crippen molar-refractivity contribution in [3.63, 3.8) is 0 Å². The summed E-state index contributed by atoms with van der Waals surface area (Å²) in [6.45, 7) is 2.07. The number of nitrogens with zero attached hydrogens (tertiary/aromatic N) is 2. The first-order chi connectivity index (χ1) is 34.6. The minimum absolute atomic E-state index is 0.0511. The molecule has 0 bridgehead atoms. The molecule has 70 heavy (non-hydrogen) atoms. The van der Waals surface area contributed by atoms with Gasteiger partial charge in [0.1, 0.15) is 23.0 Å². The van der Waals surface area contributed by atoms with E-state index in [-0.39, 0.29) is 6.71 Å². The Morgan fingerprint density at radius 1 is 0.343 bits per heavy atom. The molecule has 0 saturated heterocycles. The molecule has 0 atom stereocenters. The van der Waals surface area contributed by atoms with Crippen molar-refractivity contribution in [3.8, 4) is 23.0 Å². The van der Waals surface area contributed by atoms with Crippen LogP contribution in [0.2, 0.25) is 0 Å². The van der Waals surface area contributed by atoms with Crippen molar-refractivity contribution in [3.05, 3.63) is 224 Å². The van der Waals surface area contributed by atoms with Crippen LogP contribution in [-0.2, 0) is 0 Å². The third kappa shape index (κ3) is 6.08. The Morgan fingerprint density at radius 2 is 0.729 bits per heavy atom. The van der Waals surface area contributed by atoms with Gasteiger partial charge in [-0.2, -0.15) is 0 Å². The van der Waals surface area contributed by atoms with Crippen LogP contribution in [0.4, 0.5) is 34.1 Å². The topological polar surface area (TPSA) is 24.9 Å². The quantitative estimate of drug-likeness (QED) is 0.155. The highest BCUT2D eigenvalue weighted by Gasteiger charge is 2.41. The van der Waals surface area contributed by atoms with E-state index in [0.29, 0.717) is 0 Å². The Kier molecular flexibility index (Phi) is 8.68. The molecule has 0 unspecified atom stereocenters. The molecule has 0 fully saturated rings. The fraction of sp³-hybridized carbons (Fsp3) is 0.0159. The summed E-state index contributed by atoms with van der Waals surface area (Å²) in [6.07, 6.45) is 0. The van der Waals surface area contributed by atoms with Crippen molar-refractivity contribution in [1.82, 2.24) is 0 Å². The fourth-order valence-electron chi connectivity index (χ4n) is 11.2. The van der Waals surface area contributed by atoms with Gasteiger partial charge in [-0.1, -0.05) is 109 Å². The molecule has 2 aromatic heterocycles. The van der Waals surface area contributed by atoms with Crippen molar-refractivity contribution in [2.45, 2.75) is 6.92 Å². The number of thiophene rings is 2. The van der Waals surface area contributed by atoms with Crippen LogP contribution in [-0.4, -0.2) is 6.71 Å². The molecule has 0 saturated carbocycles. The lowest BCUT2D eigenvalue weighted by Gasteiger charge is -2.33. The maximum Gasteiger partial charge on any atom is 0.260 e. The smallest absolute Gasteiger partial charge is 0.260 e. The summed E-state index contributed by atoms with van der Waals surface area (Å²) in [4.78, 5) is 4.66. The Bertz CT molecular complexity index is 3920. The predicted octanol–water partition coefficient (Wildman–Crippen LogP) is 16.7. The molecule has 2 aliphatic heterocycles. The Labute approximate surface area is 412 Å². The third-order valence-electron chi connectivity index (χ3n) is 14.3. The predicted molar refractivity (Wildman–Crippen MR) is 299 cm³/mol. The zero-order valence-corrected chi connectivity index (χ0v) is 39.5. The van der Waals surface area contributed by atoms with Crippen LogP contribution in [0.25, 0.3) is 61.9 Å². The average Bonchev–Trinajstić information content (AvgIpc) is 3.96. The van der Waals surface area contributed by atoms with Gasteiger partial charge in [-0.05, 0) is 154 Å². The molecule has 0 N–H and O–H groups in total. The summed E-state index contributed by atoms with van der Waals surface area (Å²) in [7, 11) is 0. The summed E-state index contributed by atoms with van der Waals surface area (Å²) in [5.74, 6) is 3.55. The fourth-order valence-corrected chi connectivity index (χ4v) is 13.7. The average molecular weight is 931 g/mol. The van der Waals surface area contributed by atoms with Crippen molar-refractivity contribution in [2.24, 2.45) is 0 Å². The summed E-state index contributed by atoms with van der Waals surface area (Å²) < 4.78 is 19.0. The molecule has 328 valence electrons. The van der Waals surface area contributed by atoms with Crippen molar-refractivity contribution >= 4 is 142 Å². The normalized spacial score (nSPS) is 12.6. The van der Waals surface area contributed by atoms with Gasteiger partial charge in [0, 0.05) is 79.9 Å². The number of hydrogen-bond donors (Lipinski definition) is 0. The number of aryl methyl sites for hydroxylation is 1. The number of benzene rings is 11. The van der Waals surface area contributed by atoms with E-state index >= 15 is 0 Å². The van der Waals surface area contributed by atoms with Crippen LogP contribution >= 0.6 is 22.7 Å². The van der Waals surface area contributed by atoms with E-state index < -0.39 is 0 Å². The van der Waals surface area contributed by atoms with Gasteiger partial charge in [-0.3, -0.25) is 0 Å². The monoisotopic (exact) mass is 930 g/mol. The molecular weight excluding hydrogens is 892 g/mol. The van der Waals surface area contributed by atoms with Crippen molar-refractivity contribution in [1.29, 1.82) is 0 Å². The molecule has 0 amide bonds. The number of para-hydroxylation sites is 4. The van der Waals surface area contributed by atoms with Crippen LogP contribution in [0, 0.1) is 6.92 Å². The molecule has 0 radical (unpaired) electrons. The Morgan fingerprint density at radius 3 is 1.13 bits per heavy atom. The second kappa shape index (κ2) is 15.3. The second-order valence-corrected chi connectivity index (χ2v) is 20.6. The maximum absolute atomic E-state index is 6.94. The number of fused-ring (bicyclic) bond motifs is 14. The Balaban J connectivity index is 0.857. The highest BCUT2D eigenvalue weighted by atomic mass is 32.1. The summed E-state index contributed by atoms with van der Waals surface area (Å²) in [5, 5.41) is 9.85. The van der Waals surface area contributed by atoms with Crippen molar-refractivity contribution in [2.75, 3.05) is 9.80 Å². The highest BCUT2D eigenvalue weighted by Crippen LogP contribution is 2.47. The first kappa shape index (κ1) is 39.6. The summed E-state index contributed by atoms with van der Waals surface area (Å²) in [5.41, 5.74) is 11.3. The SMILES string of the molecule is Cc1cc2c3c(c1)Oc1cc4c(cc1B3c1cc3sc5c6ccc(N(c7ccccc7)c7ccccc7)cc6ccc5c3cc1O2)sc1c2ccc(N(c3ccccc3)c3ccccc3)cc2ccc41. The first-order valence-corrected chi connectivity index (χ1v) is 25.4. The van der Waals surface area contributed by atoms with Crippen molar-refractivity contribution < 1.29 is 9.47 Å². The molecule has 13 aromatic rings. The molecule has 15 rings (SSSR count). The zero-order valence-electron chi connectivity index (χ0n) is 37.9. The van der Waals surface area contributed by atoms with Crippen LogP contribution in [0.1, 0.15) is 5.56 Å². The molecule has 2 aliphatic rings. The van der Waals surface area contributed by atoms with Crippen LogP contribution in [0.3, 0.4) is 0 Å². The van der Waals surface area contributed by atoms with Gasteiger partial charge in [-0.25, -0.2) is 0 Å². The lowest BCUT2D eigenvalue weighted by atomic mass is 9.35. The largest absolute Gasteiger partial charge is 0.458 e. The number of hydrogen-bond acceptors (Lipinski definition) is 6. The number of ether oxygens (including phenoxy) is 2. The maximum atomic E-state index is 6.94. The number of rotatable bonds is 6. The summed E-state index contributed by atoms with van der Waals surface area (Å²) in [6, 6.07) is 79.2. The van der Waals surface area contributed by atoms with Gasteiger partial charge in [0.2, 0.25) is 0 Å². The molecule has 0 spiro atoms. The Hall–Kier alpha value is -8.36. The second-order valence-electron chi connectivity index (χ2n) is 18.5. The van der Waals surface area contributed by atoms with E-state index in [1.54, 1.807) is 0 Å². The van der Waals surface area contributed by atoms with Gasteiger partial charge < -0.3 is 19.3 Å². The minimum atomic E-state index is -0.0511. The third-order valence-corrected chi connectivity index (χ3v) is 16.7. The van der Waals surface area contributed by atoms with Gasteiger partial charge in [0.05, 0.1) is 0 Å². The molecule has 11 aromatic carbocycles. The van der Waals surface area contributed by atoms with E-state index in [9.17, 15) is 0 Å². The first-order valence-electron chi connectivity index (χ1n) is 23.7. The molecule has 4 nitrogen and oxygen atoms in total. The van der Waals surface area contributed by atoms with Gasteiger partial charge >= 0.3 is 0 Å². The van der Waals surface area contributed by atoms with Gasteiger partial charge in [-0.15, -0.1) is 22.7 Å². The minimum Gasteiger partial charge on any atom is -0.458 e.